The Balaban J connectivity index is 1.97. The average Bonchev–Trinajstić information content (AvgIpc) is 3.01. The first-order valence-electron chi connectivity index (χ1n) is 8.66. The van der Waals surface area contributed by atoms with E-state index in [-0.39, 0.29) is 0 Å². The highest BCUT2D eigenvalue weighted by Gasteiger charge is 2.04. The van der Waals surface area contributed by atoms with Gasteiger partial charge in [-0.15, -0.1) is 21.5 Å². The van der Waals surface area contributed by atoms with Gasteiger partial charge in [-0.05, 0) is 25.7 Å². The zero-order chi connectivity index (χ0) is 16.6. The molecule has 1 rings (SSSR count). The molecule has 0 radical (unpaired) electrons. The summed E-state index contributed by atoms with van der Waals surface area (Å²) in [5.41, 5.74) is 0. The van der Waals surface area contributed by atoms with Gasteiger partial charge in [-0.25, -0.2) is 0 Å². The van der Waals surface area contributed by atoms with Crippen LogP contribution in [-0.4, -0.2) is 33.2 Å². The molecule has 0 aliphatic heterocycles. The maximum absolute atomic E-state index is 4.34. The lowest BCUT2D eigenvalue weighted by atomic mass is 10.4. The van der Waals surface area contributed by atoms with Crippen molar-refractivity contribution in [1.29, 1.82) is 0 Å². The average molecular weight is 411 g/mol. The van der Waals surface area contributed by atoms with Crippen molar-refractivity contribution < 1.29 is 0 Å². The molecule has 0 spiro atoms. The van der Waals surface area contributed by atoms with Crippen LogP contribution in [0, 0.1) is 0 Å². The summed E-state index contributed by atoms with van der Waals surface area (Å²) in [4.78, 5) is 0. The van der Waals surface area contributed by atoms with Crippen LogP contribution in [0.25, 0.3) is 0 Å². The molecule has 0 atom stereocenters. The fourth-order valence-electron chi connectivity index (χ4n) is 1.70. The van der Waals surface area contributed by atoms with Gasteiger partial charge < -0.3 is 0 Å². The van der Waals surface area contributed by atoms with Gasteiger partial charge in [0.1, 0.15) is 10.0 Å². The Kier molecular flexibility index (Phi) is 15.7. The lowest BCUT2D eigenvalue weighted by molar-refractivity contribution is 0.852. The molecule has 0 fully saturated rings. The Hall–Kier alpha value is 0.960. The number of rotatable bonds is 16. The Morgan fingerprint density at radius 2 is 1.04 bits per heavy atom. The lowest BCUT2D eigenvalue weighted by Crippen LogP contribution is -1.87. The molecule has 7 heteroatoms. The molecule has 0 aliphatic carbocycles. The molecular formula is C16H30N2S5. The molecule has 0 saturated carbocycles. The normalized spacial score (nSPS) is 11.2. The van der Waals surface area contributed by atoms with Crippen molar-refractivity contribution in [2.75, 3.05) is 23.0 Å². The van der Waals surface area contributed by atoms with Gasteiger partial charge >= 0.3 is 0 Å². The molecule has 0 aromatic carbocycles. The van der Waals surface area contributed by atoms with E-state index in [0.717, 1.165) is 12.8 Å². The zero-order valence-corrected chi connectivity index (χ0v) is 18.5. The second-order valence-corrected chi connectivity index (χ2v) is 11.8. The van der Waals surface area contributed by atoms with E-state index >= 15 is 0 Å². The summed E-state index contributed by atoms with van der Waals surface area (Å²) >= 11 is 1.82. The molecule has 2 nitrogen and oxygen atoms in total. The van der Waals surface area contributed by atoms with E-state index < -0.39 is 0 Å². The summed E-state index contributed by atoms with van der Waals surface area (Å²) < 4.78 is 0. The highest BCUT2D eigenvalue weighted by atomic mass is 33.1. The van der Waals surface area contributed by atoms with Gasteiger partial charge in [0.05, 0.1) is 0 Å². The highest BCUT2D eigenvalue weighted by Crippen LogP contribution is 2.25. The molecule has 23 heavy (non-hydrogen) atoms. The Morgan fingerprint density at radius 3 is 1.43 bits per heavy atom. The van der Waals surface area contributed by atoms with Crippen molar-refractivity contribution in [2.24, 2.45) is 0 Å². The fourth-order valence-corrected chi connectivity index (χ4v) is 7.26. The number of hydrogen-bond acceptors (Lipinski definition) is 7. The standard InChI is InChI=1S/C16H30N2S5/c1-3-5-11-19-21-13-7-9-15-17-18-16(23-15)10-8-14-22-20-12-6-4-2/h3-14H2,1-2H3. The fraction of sp³-hybridized carbons (Fsp3) is 0.875. The summed E-state index contributed by atoms with van der Waals surface area (Å²) in [6.07, 6.45) is 9.93. The van der Waals surface area contributed by atoms with Crippen molar-refractivity contribution in [3.05, 3.63) is 10.0 Å². The topological polar surface area (TPSA) is 25.8 Å². The van der Waals surface area contributed by atoms with Crippen LogP contribution in [0.15, 0.2) is 0 Å². The summed E-state index contributed by atoms with van der Waals surface area (Å²) in [6.45, 7) is 4.50. The molecule has 1 aromatic heterocycles. The summed E-state index contributed by atoms with van der Waals surface area (Å²) in [5.74, 6) is 5.04. The summed E-state index contributed by atoms with van der Waals surface area (Å²) in [6, 6.07) is 0. The second kappa shape index (κ2) is 16.4. The Bertz CT molecular complexity index is 341. The molecule has 0 bridgehead atoms. The van der Waals surface area contributed by atoms with Crippen LogP contribution in [-0.2, 0) is 12.8 Å². The van der Waals surface area contributed by atoms with Crippen molar-refractivity contribution in [1.82, 2.24) is 10.2 Å². The SMILES string of the molecule is CCCCSSCCCc1nnc(CCCSSCCCC)s1. The smallest absolute Gasteiger partial charge is 0.117 e. The molecule has 0 amide bonds. The molecule has 0 aliphatic rings. The van der Waals surface area contributed by atoms with E-state index in [1.165, 1.54) is 71.6 Å². The van der Waals surface area contributed by atoms with Gasteiger partial charge in [-0.3, -0.25) is 0 Å². The van der Waals surface area contributed by atoms with Gasteiger partial charge in [0.2, 0.25) is 0 Å². The Labute approximate surface area is 162 Å². The van der Waals surface area contributed by atoms with Gasteiger partial charge in [-0.2, -0.15) is 0 Å². The van der Waals surface area contributed by atoms with Crippen LogP contribution in [0.4, 0.5) is 0 Å². The quantitative estimate of drug-likeness (QED) is 0.220. The number of hydrogen-bond donors (Lipinski definition) is 0. The summed E-state index contributed by atoms with van der Waals surface area (Å²) in [5, 5.41) is 11.1. The predicted octanol–water partition coefficient (Wildman–Crippen LogP) is 6.77. The molecular weight excluding hydrogens is 381 g/mol. The first kappa shape index (κ1) is 22.0. The van der Waals surface area contributed by atoms with Gasteiger partial charge in [0, 0.05) is 35.9 Å². The highest BCUT2D eigenvalue weighted by molar-refractivity contribution is 8.77. The maximum atomic E-state index is 4.34. The lowest BCUT2D eigenvalue weighted by Gasteiger charge is -1.99. The minimum atomic E-state index is 1.10. The number of nitrogens with zero attached hydrogens (tertiary/aromatic N) is 2. The van der Waals surface area contributed by atoms with Crippen LogP contribution >= 0.6 is 54.5 Å². The monoisotopic (exact) mass is 410 g/mol. The van der Waals surface area contributed by atoms with E-state index in [1.807, 2.05) is 54.5 Å². The van der Waals surface area contributed by atoms with Gasteiger partial charge in [-0.1, -0.05) is 69.9 Å². The van der Waals surface area contributed by atoms with E-state index in [1.54, 1.807) is 0 Å². The third-order valence-electron chi connectivity index (χ3n) is 3.07. The second-order valence-electron chi connectivity index (χ2n) is 5.29. The van der Waals surface area contributed by atoms with Crippen molar-refractivity contribution >= 4 is 54.5 Å². The van der Waals surface area contributed by atoms with Gasteiger partial charge in [0.15, 0.2) is 0 Å². The third-order valence-corrected chi connectivity index (χ3v) is 9.27. The van der Waals surface area contributed by atoms with Gasteiger partial charge in [0.25, 0.3) is 0 Å². The molecule has 0 unspecified atom stereocenters. The summed E-state index contributed by atoms with van der Waals surface area (Å²) in [7, 11) is 8.06. The van der Waals surface area contributed by atoms with E-state index in [0.29, 0.717) is 0 Å². The molecule has 0 N–H and O–H groups in total. The minimum absolute atomic E-state index is 1.10. The third kappa shape index (κ3) is 12.9. The molecule has 1 aromatic rings. The van der Waals surface area contributed by atoms with E-state index in [9.17, 15) is 0 Å². The van der Waals surface area contributed by atoms with Crippen LogP contribution in [0.5, 0.6) is 0 Å². The van der Waals surface area contributed by atoms with Crippen LogP contribution in [0.1, 0.15) is 62.4 Å². The van der Waals surface area contributed by atoms with E-state index in [4.69, 9.17) is 0 Å². The van der Waals surface area contributed by atoms with Crippen molar-refractivity contribution in [2.45, 2.75) is 65.2 Å². The van der Waals surface area contributed by atoms with Crippen molar-refractivity contribution in [3.63, 3.8) is 0 Å². The largest absolute Gasteiger partial charge is 0.144 e. The molecule has 134 valence electrons. The predicted molar refractivity (Wildman–Crippen MR) is 116 cm³/mol. The first-order valence-corrected chi connectivity index (χ1v) is 14.5. The van der Waals surface area contributed by atoms with Crippen LogP contribution in [0.3, 0.4) is 0 Å². The first-order chi connectivity index (χ1) is 11.4. The van der Waals surface area contributed by atoms with Crippen molar-refractivity contribution in [3.8, 4) is 0 Å². The maximum Gasteiger partial charge on any atom is 0.117 e. The van der Waals surface area contributed by atoms with E-state index in [2.05, 4.69) is 24.0 Å². The molecule has 0 saturated heterocycles. The number of aryl methyl sites for hydroxylation is 2. The van der Waals surface area contributed by atoms with Crippen LogP contribution in [0.2, 0.25) is 0 Å². The molecule has 1 heterocycles. The zero-order valence-electron chi connectivity index (χ0n) is 14.4. The van der Waals surface area contributed by atoms with Crippen LogP contribution < -0.4 is 0 Å². The Morgan fingerprint density at radius 1 is 0.652 bits per heavy atom. The number of unbranched alkanes of at least 4 members (excludes halogenated alkanes) is 2. The minimum Gasteiger partial charge on any atom is -0.144 e. The number of aromatic nitrogens is 2.